The molecule has 1 saturated heterocycles. The molecule has 12 heteroatoms. The molecule has 1 aliphatic heterocycles. The van der Waals surface area contributed by atoms with Crippen LogP contribution < -0.4 is 9.62 Å². The molecule has 1 fully saturated rings. The van der Waals surface area contributed by atoms with Gasteiger partial charge in [0.2, 0.25) is 15.9 Å². The Labute approximate surface area is 166 Å². The molecule has 1 N–H and O–H groups in total. The first kappa shape index (κ1) is 22.7. The third-order valence-corrected chi connectivity index (χ3v) is 5.53. The van der Waals surface area contributed by atoms with Gasteiger partial charge in [-0.25, -0.2) is 8.42 Å². The summed E-state index contributed by atoms with van der Waals surface area (Å²) in [4.78, 5) is 14.3. The van der Waals surface area contributed by atoms with Gasteiger partial charge in [0.05, 0.1) is 35.7 Å². The summed E-state index contributed by atoms with van der Waals surface area (Å²) in [5.41, 5.74) is -1.46. The van der Waals surface area contributed by atoms with Crippen LogP contribution in [0.1, 0.15) is 5.56 Å². The number of ether oxygens (including phenoxy) is 1. The summed E-state index contributed by atoms with van der Waals surface area (Å²) >= 11 is 5.91. The van der Waals surface area contributed by atoms with Crippen molar-refractivity contribution >= 4 is 33.2 Å². The second-order valence-electron chi connectivity index (χ2n) is 6.24. The Kier molecular flexibility index (Phi) is 7.54. The van der Waals surface area contributed by atoms with E-state index in [-0.39, 0.29) is 11.6 Å². The van der Waals surface area contributed by atoms with Gasteiger partial charge in [-0.05, 0) is 18.2 Å². The van der Waals surface area contributed by atoms with Crippen LogP contribution in [0, 0.1) is 0 Å². The molecule has 158 valence electrons. The molecule has 0 aliphatic carbocycles. The second kappa shape index (κ2) is 9.29. The van der Waals surface area contributed by atoms with Crippen molar-refractivity contribution in [2.45, 2.75) is 6.18 Å². The fraction of sp³-hybridized carbons (Fsp3) is 0.562. The van der Waals surface area contributed by atoms with Crippen LogP contribution >= 0.6 is 11.6 Å². The first-order valence-electron chi connectivity index (χ1n) is 8.40. The van der Waals surface area contributed by atoms with E-state index in [2.05, 4.69) is 10.2 Å². The molecule has 1 aromatic carbocycles. The highest BCUT2D eigenvalue weighted by Crippen LogP contribution is 2.36. The number of hydrogen-bond donors (Lipinski definition) is 1. The summed E-state index contributed by atoms with van der Waals surface area (Å²) in [6.45, 7) is 2.80. The topological polar surface area (TPSA) is 79.0 Å². The molecule has 1 aliphatic rings. The van der Waals surface area contributed by atoms with Crippen molar-refractivity contribution in [2.75, 3.05) is 56.5 Å². The standard InChI is InChI=1S/C16H21ClF3N3O4S/c1-28(25,26)23(14-10-12(16(18,19)20)2-3-13(14)17)11-15(24)21-4-5-22-6-8-27-9-7-22/h2-3,10H,4-9,11H2,1H3,(H,21,24). The SMILES string of the molecule is CS(=O)(=O)N(CC(=O)NCCN1CCOCC1)c1cc(C(F)(F)F)ccc1Cl. The van der Waals surface area contributed by atoms with Crippen LogP contribution in [-0.2, 0) is 25.7 Å². The van der Waals surface area contributed by atoms with E-state index in [1.165, 1.54) is 0 Å². The third kappa shape index (κ3) is 6.50. The molecule has 7 nitrogen and oxygen atoms in total. The van der Waals surface area contributed by atoms with Gasteiger partial charge in [0.1, 0.15) is 6.54 Å². The number of carbonyl (C=O) groups is 1. The number of sulfonamides is 1. The largest absolute Gasteiger partial charge is 0.416 e. The van der Waals surface area contributed by atoms with E-state index in [9.17, 15) is 26.4 Å². The molecular formula is C16H21ClF3N3O4S. The molecule has 0 radical (unpaired) electrons. The van der Waals surface area contributed by atoms with Crippen LogP contribution in [0.25, 0.3) is 0 Å². The maximum Gasteiger partial charge on any atom is 0.416 e. The zero-order valence-electron chi connectivity index (χ0n) is 15.1. The van der Waals surface area contributed by atoms with E-state index < -0.39 is 39.9 Å². The number of rotatable bonds is 7. The van der Waals surface area contributed by atoms with E-state index in [0.29, 0.717) is 30.1 Å². The minimum Gasteiger partial charge on any atom is -0.379 e. The smallest absolute Gasteiger partial charge is 0.379 e. The lowest BCUT2D eigenvalue weighted by molar-refractivity contribution is -0.137. The number of halogens is 4. The van der Waals surface area contributed by atoms with Gasteiger partial charge in [-0.1, -0.05) is 11.6 Å². The number of amides is 1. The average molecular weight is 444 g/mol. The van der Waals surface area contributed by atoms with Gasteiger partial charge in [0, 0.05) is 26.2 Å². The first-order valence-corrected chi connectivity index (χ1v) is 10.6. The summed E-state index contributed by atoms with van der Waals surface area (Å²) in [6.07, 6.45) is -3.88. The van der Waals surface area contributed by atoms with E-state index in [0.717, 1.165) is 31.5 Å². The van der Waals surface area contributed by atoms with Crippen LogP contribution in [0.4, 0.5) is 18.9 Å². The van der Waals surface area contributed by atoms with E-state index in [1.54, 1.807) is 0 Å². The highest BCUT2D eigenvalue weighted by atomic mass is 35.5. The molecule has 0 saturated carbocycles. The molecular weight excluding hydrogens is 423 g/mol. The Morgan fingerprint density at radius 1 is 1.32 bits per heavy atom. The van der Waals surface area contributed by atoms with Crippen molar-refractivity contribution in [2.24, 2.45) is 0 Å². The van der Waals surface area contributed by atoms with Crippen molar-refractivity contribution in [1.29, 1.82) is 0 Å². The summed E-state index contributed by atoms with van der Waals surface area (Å²) < 4.78 is 68.8. The Hall–Kier alpha value is -1.56. The minimum atomic E-state index is -4.68. The Morgan fingerprint density at radius 3 is 2.54 bits per heavy atom. The number of carbonyl (C=O) groups excluding carboxylic acids is 1. The molecule has 0 spiro atoms. The van der Waals surface area contributed by atoms with Gasteiger partial charge in [0.15, 0.2) is 0 Å². The molecule has 1 aromatic rings. The van der Waals surface area contributed by atoms with Gasteiger partial charge in [0.25, 0.3) is 0 Å². The van der Waals surface area contributed by atoms with Gasteiger partial charge >= 0.3 is 6.18 Å². The molecule has 0 unspecified atom stereocenters. The Morgan fingerprint density at radius 2 is 1.96 bits per heavy atom. The predicted molar refractivity (Wildman–Crippen MR) is 98.9 cm³/mol. The summed E-state index contributed by atoms with van der Waals surface area (Å²) in [7, 11) is -4.05. The molecule has 0 atom stereocenters. The second-order valence-corrected chi connectivity index (χ2v) is 8.55. The van der Waals surface area contributed by atoms with Crippen molar-refractivity contribution in [3.63, 3.8) is 0 Å². The molecule has 0 bridgehead atoms. The zero-order valence-corrected chi connectivity index (χ0v) is 16.7. The lowest BCUT2D eigenvalue weighted by Gasteiger charge is -2.27. The Balaban J connectivity index is 2.09. The molecule has 28 heavy (non-hydrogen) atoms. The lowest BCUT2D eigenvalue weighted by Crippen LogP contribution is -2.44. The normalized spacial score (nSPS) is 16.0. The van der Waals surface area contributed by atoms with Crippen molar-refractivity contribution in [1.82, 2.24) is 10.2 Å². The highest BCUT2D eigenvalue weighted by Gasteiger charge is 2.33. The molecule has 1 heterocycles. The van der Waals surface area contributed by atoms with Crippen LogP contribution in [0.5, 0.6) is 0 Å². The highest BCUT2D eigenvalue weighted by molar-refractivity contribution is 7.92. The van der Waals surface area contributed by atoms with Gasteiger partial charge < -0.3 is 10.1 Å². The van der Waals surface area contributed by atoms with Crippen molar-refractivity contribution < 1.29 is 31.1 Å². The minimum absolute atomic E-state index is 0.209. The van der Waals surface area contributed by atoms with Gasteiger partial charge in [-0.15, -0.1) is 0 Å². The van der Waals surface area contributed by atoms with Crippen LogP contribution in [0.2, 0.25) is 5.02 Å². The molecule has 0 aromatic heterocycles. The predicted octanol–water partition coefficient (Wildman–Crippen LogP) is 1.57. The van der Waals surface area contributed by atoms with Crippen LogP contribution in [-0.4, -0.2) is 71.4 Å². The van der Waals surface area contributed by atoms with Gasteiger partial charge in [-0.3, -0.25) is 14.0 Å². The number of nitrogens with zero attached hydrogens (tertiary/aromatic N) is 2. The monoisotopic (exact) mass is 443 g/mol. The quantitative estimate of drug-likeness (QED) is 0.692. The van der Waals surface area contributed by atoms with Gasteiger partial charge in [-0.2, -0.15) is 13.2 Å². The fourth-order valence-corrected chi connectivity index (χ4v) is 3.76. The summed E-state index contributed by atoms with van der Waals surface area (Å²) in [5.74, 6) is -0.646. The fourth-order valence-electron chi connectivity index (χ4n) is 2.63. The summed E-state index contributed by atoms with van der Waals surface area (Å²) in [6, 6.07) is 2.31. The van der Waals surface area contributed by atoms with Crippen molar-refractivity contribution in [3.05, 3.63) is 28.8 Å². The van der Waals surface area contributed by atoms with Crippen molar-refractivity contribution in [3.8, 4) is 0 Å². The molecule has 1 amide bonds. The summed E-state index contributed by atoms with van der Waals surface area (Å²) in [5, 5.41) is 2.37. The number of alkyl halides is 3. The van der Waals surface area contributed by atoms with E-state index >= 15 is 0 Å². The van der Waals surface area contributed by atoms with E-state index in [4.69, 9.17) is 16.3 Å². The zero-order chi connectivity index (χ0) is 20.9. The third-order valence-electron chi connectivity index (χ3n) is 4.08. The number of anilines is 1. The number of hydrogen-bond acceptors (Lipinski definition) is 5. The number of nitrogens with one attached hydrogen (secondary N) is 1. The average Bonchev–Trinajstić information content (AvgIpc) is 2.59. The molecule has 2 rings (SSSR count). The first-order chi connectivity index (χ1) is 13.0. The lowest BCUT2D eigenvalue weighted by atomic mass is 10.2. The number of benzene rings is 1. The van der Waals surface area contributed by atoms with Crippen LogP contribution in [0.15, 0.2) is 18.2 Å². The van der Waals surface area contributed by atoms with E-state index in [1.807, 2.05) is 0 Å². The van der Waals surface area contributed by atoms with Crippen LogP contribution in [0.3, 0.4) is 0 Å². The maximum absolute atomic E-state index is 13.0. The Bertz CT molecular complexity index is 799. The number of morpholine rings is 1. The maximum atomic E-state index is 13.0.